The number of carbonyl (C=O) groups is 2. The van der Waals surface area contributed by atoms with Crippen LogP contribution in [-0.4, -0.2) is 56.1 Å². The minimum Gasteiger partial charge on any atom is -0.480 e. The molecule has 0 rings (SSSR count). The summed E-state index contributed by atoms with van der Waals surface area (Å²) >= 11 is 0. The SMILES string of the molecule is CCOCCS(=O)(=O)N[C@@H](CC(=O)OC(C)(C)C)C(=O)O. The highest BCUT2D eigenvalue weighted by molar-refractivity contribution is 7.89. The molecule has 21 heavy (non-hydrogen) atoms. The summed E-state index contributed by atoms with van der Waals surface area (Å²) in [4.78, 5) is 22.6. The molecule has 0 aromatic heterocycles. The Morgan fingerprint density at radius 1 is 1.29 bits per heavy atom. The lowest BCUT2D eigenvalue weighted by Gasteiger charge is -2.21. The molecular weight excluding hydrogens is 302 g/mol. The minimum atomic E-state index is -3.85. The van der Waals surface area contributed by atoms with Crippen molar-refractivity contribution in [2.45, 2.75) is 45.8 Å². The van der Waals surface area contributed by atoms with E-state index in [1.165, 1.54) is 0 Å². The maximum Gasteiger partial charge on any atom is 0.322 e. The van der Waals surface area contributed by atoms with Gasteiger partial charge in [-0.15, -0.1) is 0 Å². The first-order valence-corrected chi connectivity index (χ1v) is 8.14. The molecule has 0 radical (unpaired) electrons. The fourth-order valence-electron chi connectivity index (χ4n) is 1.32. The predicted molar refractivity (Wildman–Crippen MR) is 75.3 cm³/mol. The van der Waals surface area contributed by atoms with Crippen molar-refractivity contribution in [3.8, 4) is 0 Å². The third-order valence-electron chi connectivity index (χ3n) is 2.11. The van der Waals surface area contributed by atoms with Gasteiger partial charge in [0.25, 0.3) is 0 Å². The minimum absolute atomic E-state index is 0.0510. The summed E-state index contributed by atoms with van der Waals surface area (Å²) in [5, 5.41) is 8.99. The van der Waals surface area contributed by atoms with E-state index in [-0.39, 0.29) is 12.4 Å². The molecule has 0 saturated heterocycles. The van der Waals surface area contributed by atoms with E-state index in [1.54, 1.807) is 27.7 Å². The van der Waals surface area contributed by atoms with Crippen LogP contribution in [0, 0.1) is 0 Å². The normalized spacial score (nSPS) is 13.7. The summed E-state index contributed by atoms with van der Waals surface area (Å²) in [6.07, 6.45) is -0.583. The van der Waals surface area contributed by atoms with Gasteiger partial charge < -0.3 is 14.6 Å². The van der Waals surface area contributed by atoms with Crippen molar-refractivity contribution < 1.29 is 32.6 Å². The Bertz CT molecular complexity index is 453. The number of sulfonamides is 1. The number of carboxylic acids is 1. The van der Waals surface area contributed by atoms with Crippen molar-refractivity contribution in [3.63, 3.8) is 0 Å². The van der Waals surface area contributed by atoms with E-state index in [4.69, 9.17) is 14.6 Å². The fourth-order valence-corrected chi connectivity index (χ4v) is 2.39. The van der Waals surface area contributed by atoms with Crippen molar-refractivity contribution in [1.29, 1.82) is 0 Å². The van der Waals surface area contributed by atoms with E-state index in [9.17, 15) is 18.0 Å². The number of ether oxygens (including phenoxy) is 2. The fraction of sp³-hybridized carbons (Fsp3) is 0.833. The summed E-state index contributed by atoms with van der Waals surface area (Å²) in [7, 11) is -3.85. The number of aliphatic carboxylic acids is 1. The van der Waals surface area contributed by atoms with Gasteiger partial charge in [0.2, 0.25) is 10.0 Å². The van der Waals surface area contributed by atoms with E-state index in [0.717, 1.165) is 0 Å². The summed E-state index contributed by atoms with van der Waals surface area (Å²) in [5.74, 6) is -2.61. The van der Waals surface area contributed by atoms with Gasteiger partial charge >= 0.3 is 11.9 Å². The molecule has 0 aliphatic rings. The quantitative estimate of drug-likeness (QED) is 0.456. The monoisotopic (exact) mass is 325 g/mol. The van der Waals surface area contributed by atoms with Crippen LogP contribution in [-0.2, 0) is 29.1 Å². The van der Waals surface area contributed by atoms with E-state index in [1.807, 2.05) is 4.72 Å². The van der Waals surface area contributed by atoms with E-state index >= 15 is 0 Å². The standard InChI is InChI=1S/C12H23NO7S/c1-5-19-6-7-21(17,18)13-9(11(15)16)8-10(14)20-12(2,3)4/h9,13H,5-8H2,1-4H3,(H,15,16)/t9-/m0/s1. The van der Waals surface area contributed by atoms with Crippen LogP contribution in [0.3, 0.4) is 0 Å². The second kappa shape index (κ2) is 8.30. The van der Waals surface area contributed by atoms with Crippen molar-refractivity contribution in [2.24, 2.45) is 0 Å². The Hall–Kier alpha value is -1.19. The number of carbonyl (C=O) groups excluding carboxylic acids is 1. The molecule has 0 heterocycles. The Morgan fingerprint density at radius 2 is 1.86 bits per heavy atom. The number of esters is 1. The number of nitrogens with one attached hydrogen (secondary N) is 1. The smallest absolute Gasteiger partial charge is 0.322 e. The molecule has 0 unspecified atom stereocenters. The lowest BCUT2D eigenvalue weighted by atomic mass is 10.2. The van der Waals surface area contributed by atoms with E-state index in [2.05, 4.69) is 0 Å². The van der Waals surface area contributed by atoms with Gasteiger partial charge in [-0.3, -0.25) is 9.59 Å². The summed E-state index contributed by atoms with van der Waals surface area (Å²) in [6.45, 7) is 6.91. The van der Waals surface area contributed by atoms with Crippen LogP contribution in [0.1, 0.15) is 34.1 Å². The maximum absolute atomic E-state index is 11.7. The molecule has 2 N–H and O–H groups in total. The molecule has 8 nitrogen and oxygen atoms in total. The molecule has 0 amide bonds. The zero-order chi connectivity index (χ0) is 16.7. The van der Waals surface area contributed by atoms with Gasteiger partial charge in [-0.1, -0.05) is 0 Å². The highest BCUT2D eigenvalue weighted by atomic mass is 32.2. The van der Waals surface area contributed by atoms with E-state index in [0.29, 0.717) is 6.61 Å². The molecule has 0 bridgehead atoms. The number of hydrogen-bond donors (Lipinski definition) is 2. The van der Waals surface area contributed by atoms with Crippen LogP contribution in [0.5, 0.6) is 0 Å². The highest BCUT2D eigenvalue weighted by Crippen LogP contribution is 2.10. The third-order valence-corrected chi connectivity index (χ3v) is 3.46. The lowest BCUT2D eigenvalue weighted by Crippen LogP contribution is -2.44. The molecule has 1 atom stereocenters. The second-order valence-electron chi connectivity index (χ2n) is 5.32. The first-order valence-electron chi connectivity index (χ1n) is 6.49. The van der Waals surface area contributed by atoms with Gasteiger partial charge in [0.05, 0.1) is 18.8 Å². The van der Waals surface area contributed by atoms with Crippen LogP contribution < -0.4 is 4.72 Å². The van der Waals surface area contributed by atoms with Gasteiger partial charge in [-0.25, -0.2) is 13.1 Å². The Morgan fingerprint density at radius 3 is 2.29 bits per heavy atom. The molecule has 0 saturated carbocycles. The second-order valence-corrected chi connectivity index (χ2v) is 7.19. The van der Waals surface area contributed by atoms with Crippen molar-refractivity contribution in [3.05, 3.63) is 0 Å². The zero-order valence-corrected chi connectivity index (χ0v) is 13.5. The first kappa shape index (κ1) is 19.8. The lowest BCUT2D eigenvalue weighted by molar-refractivity contribution is -0.158. The third kappa shape index (κ3) is 10.2. The molecule has 0 spiro atoms. The Kier molecular flexibility index (Phi) is 7.83. The van der Waals surface area contributed by atoms with Crippen molar-refractivity contribution in [2.75, 3.05) is 19.0 Å². The van der Waals surface area contributed by atoms with Gasteiger partial charge in [-0.2, -0.15) is 0 Å². The molecule has 0 fully saturated rings. The molecule has 0 aliphatic carbocycles. The highest BCUT2D eigenvalue weighted by Gasteiger charge is 2.28. The van der Waals surface area contributed by atoms with Gasteiger partial charge in [0, 0.05) is 6.61 Å². The molecule has 124 valence electrons. The van der Waals surface area contributed by atoms with Gasteiger partial charge in [0.1, 0.15) is 11.6 Å². The number of carboxylic acid groups (broad SMARTS) is 1. The maximum atomic E-state index is 11.7. The Balaban J connectivity index is 4.63. The van der Waals surface area contributed by atoms with Crippen LogP contribution in [0.25, 0.3) is 0 Å². The van der Waals surface area contributed by atoms with Gasteiger partial charge in [-0.05, 0) is 27.7 Å². The number of rotatable bonds is 9. The number of hydrogen-bond acceptors (Lipinski definition) is 6. The topological polar surface area (TPSA) is 119 Å². The average molecular weight is 325 g/mol. The van der Waals surface area contributed by atoms with Crippen LogP contribution in [0.4, 0.5) is 0 Å². The zero-order valence-electron chi connectivity index (χ0n) is 12.7. The Labute approximate surface area is 124 Å². The van der Waals surface area contributed by atoms with Crippen LogP contribution in [0.15, 0.2) is 0 Å². The predicted octanol–water partition coefficient (Wildman–Crippen LogP) is 0.127. The van der Waals surface area contributed by atoms with E-state index < -0.39 is 40.0 Å². The molecular formula is C12H23NO7S. The van der Waals surface area contributed by atoms with Crippen LogP contribution in [0.2, 0.25) is 0 Å². The largest absolute Gasteiger partial charge is 0.480 e. The molecule has 0 aromatic carbocycles. The molecule has 0 aromatic rings. The first-order chi connectivity index (χ1) is 9.47. The molecule has 9 heteroatoms. The van der Waals surface area contributed by atoms with Gasteiger partial charge in [0.15, 0.2) is 0 Å². The average Bonchev–Trinajstić information content (AvgIpc) is 2.25. The molecule has 0 aliphatic heterocycles. The van der Waals surface area contributed by atoms with Crippen LogP contribution >= 0.6 is 0 Å². The van der Waals surface area contributed by atoms with Crippen molar-refractivity contribution >= 4 is 22.0 Å². The summed E-state index contributed by atoms with van der Waals surface area (Å²) in [5.41, 5.74) is -0.770. The summed E-state index contributed by atoms with van der Waals surface area (Å²) in [6, 6.07) is -1.56. The summed E-state index contributed by atoms with van der Waals surface area (Å²) < 4.78 is 35.2. The van der Waals surface area contributed by atoms with Crippen molar-refractivity contribution in [1.82, 2.24) is 4.72 Å².